The fourth-order valence-corrected chi connectivity index (χ4v) is 3.26. The average molecular weight is 372 g/mol. The fraction of sp³-hybridized carbons (Fsp3) is 0.111. The van der Waals surface area contributed by atoms with Gasteiger partial charge in [-0.1, -0.05) is 48.5 Å². The first-order chi connectivity index (χ1) is 12.5. The molecule has 0 bridgehead atoms. The van der Waals surface area contributed by atoms with Crippen molar-refractivity contribution in [1.82, 2.24) is 4.98 Å². The Balaban J connectivity index is 2.04. The molecule has 1 heterocycles. The minimum absolute atomic E-state index is 0.0631. The number of anilines is 1. The molecule has 26 heavy (non-hydrogen) atoms. The van der Waals surface area contributed by atoms with Crippen molar-refractivity contribution in [2.75, 3.05) is 11.3 Å². The topological polar surface area (TPSA) is 98.5 Å². The first kappa shape index (κ1) is 17.7. The molecule has 0 fully saturated rings. The summed E-state index contributed by atoms with van der Waals surface area (Å²) in [5, 5.41) is 0. The molecule has 0 saturated heterocycles. The number of nitrogens with one attached hydrogen (secondary N) is 1. The van der Waals surface area contributed by atoms with Gasteiger partial charge in [-0.15, -0.1) is 0 Å². The monoisotopic (exact) mass is 372 g/mol. The molecule has 1 N–H and O–H groups in total. The SMILES string of the molecule is CCOC(=O)c1nc(-c2ccccc2)c(NS(=O)(=O)c2ccccc2)o1. The molecule has 134 valence electrons. The lowest BCUT2D eigenvalue weighted by Crippen LogP contribution is -2.13. The molecule has 0 radical (unpaired) electrons. The average Bonchev–Trinajstić information content (AvgIpc) is 3.07. The van der Waals surface area contributed by atoms with Gasteiger partial charge in [-0.2, -0.15) is 0 Å². The number of carbonyl (C=O) groups excluding carboxylic acids is 1. The second-order valence-electron chi connectivity index (χ2n) is 5.20. The summed E-state index contributed by atoms with van der Waals surface area (Å²) >= 11 is 0. The van der Waals surface area contributed by atoms with E-state index in [4.69, 9.17) is 9.15 Å². The Kier molecular flexibility index (Phi) is 5.04. The van der Waals surface area contributed by atoms with Crippen molar-refractivity contribution in [1.29, 1.82) is 0 Å². The normalized spacial score (nSPS) is 11.1. The number of esters is 1. The molecule has 0 aliphatic heterocycles. The third kappa shape index (κ3) is 3.75. The quantitative estimate of drug-likeness (QED) is 0.667. The first-order valence-electron chi connectivity index (χ1n) is 7.82. The second kappa shape index (κ2) is 7.40. The van der Waals surface area contributed by atoms with Crippen LogP contribution < -0.4 is 4.72 Å². The highest BCUT2D eigenvalue weighted by Gasteiger charge is 2.25. The first-order valence-corrected chi connectivity index (χ1v) is 9.31. The number of hydrogen-bond acceptors (Lipinski definition) is 6. The van der Waals surface area contributed by atoms with E-state index in [1.807, 2.05) is 6.07 Å². The lowest BCUT2D eigenvalue weighted by Gasteiger charge is -2.06. The standard InChI is InChI=1S/C18H16N2O5S/c1-2-24-18(21)17-19-15(13-9-5-3-6-10-13)16(25-17)20-26(22,23)14-11-7-4-8-12-14/h3-12,20H,2H2,1H3. The fourth-order valence-electron chi connectivity index (χ4n) is 2.24. The number of rotatable bonds is 6. The van der Waals surface area contributed by atoms with Gasteiger partial charge in [0.25, 0.3) is 10.0 Å². The highest BCUT2D eigenvalue weighted by atomic mass is 32.2. The molecule has 0 aliphatic carbocycles. The predicted molar refractivity (Wildman–Crippen MR) is 95.1 cm³/mol. The number of hydrogen-bond donors (Lipinski definition) is 1. The van der Waals surface area contributed by atoms with Crippen LogP contribution in [0.4, 0.5) is 5.88 Å². The van der Waals surface area contributed by atoms with Crippen molar-refractivity contribution >= 4 is 21.9 Å². The maximum Gasteiger partial charge on any atom is 0.394 e. The summed E-state index contributed by atoms with van der Waals surface area (Å²) in [4.78, 5) is 16.1. The van der Waals surface area contributed by atoms with Gasteiger partial charge in [0, 0.05) is 5.56 Å². The van der Waals surface area contributed by atoms with E-state index >= 15 is 0 Å². The minimum atomic E-state index is -3.90. The van der Waals surface area contributed by atoms with E-state index in [9.17, 15) is 13.2 Å². The van der Waals surface area contributed by atoms with Crippen LogP contribution in [-0.4, -0.2) is 26.0 Å². The van der Waals surface area contributed by atoms with Crippen LogP contribution in [0.25, 0.3) is 11.3 Å². The third-order valence-corrected chi connectivity index (χ3v) is 4.75. The van der Waals surface area contributed by atoms with Crippen LogP contribution in [0.1, 0.15) is 17.6 Å². The number of ether oxygens (including phenoxy) is 1. The van der Waals surface area contributed by atoms with E-state index in [0.717, 1.165) is 0 Å². The van der Waals surface area contributed by atoms with Crippen molar-refractivity contribution < 1.29 is 22.4 Å². The van der Waals surface area contributed by atoms with Crippen LogP contribution in [0.2, 0.25) is 0 Å². The van der Waals surface area contributed by atoms with E-state index in [1.54, 1.807) is 49.4 Å². The van der Waals surface area contributed by atoms with E-state index in [2.05, 4.69) is 9.71 Å². The molecule has 0 spiro atoms. The van der Waals surface area contributed by atoms with Crippen LogP contribution in [0, 0.1) is 0 Å². The Morgan fingerprint density at radius 3 is 2.31 bits per heavy atom. The molecular weight excluding hydrogens is 356 g/mol. The van der Waals surface area contributed by atoms with Crippen molar-refractivity contribution in [2.45, 2.75) is 11.8 Å². The zero-order chi connectivity index (χ0) is 18.6. The number of sulfonamides is 1. The van der Waals surface area contributed by atoms with Gasteiger partial charge in [-0.05, 0) is 19.1 Å². The Morgan fingerprint density at radius 2 is 1.69 bits per heavy atom. The number of aromatic nitrogens is 1. The van der Waals surface area contributed by atoms with E-state index in [0.29, 0.717) is 5.56 Å². The van der Waals surface area contributed by atoms with Crippen molar-refractivity contribution in [3.05, 3.63) is 66.6 Å². The molecule has 3 aromatic rings. The predicted octanol–water partition coefficient (Wildman–Crippen LogP) is 3.32. The molecule has 2 aromatic carbocycles. The Bertz CT molecular complexity index is 999. The summed E-state index contributed by atoms with van der Waals surface area (Å²) in [7, 11) is -3.90. The summed E-state index contributed by atoms with van der Waals surface area (Å²) in [5.41, 5.74) is 0.797. The molecular formula is C18H16N2O5S. The number of oxazole rings is 1. The highest BCUT2D eigenvalue weighted by Crippen LogP contribution is 2.30. The van der Waals surface area contributed by atoms with Gasteiger partial charge in [-0.3, -0.25) is 0 Å². The zero-order valence-corrected chi connectivity index (χ0v) is 14.7. The summed E-state index contributed by atoms with van der Waals surface area (Å²) in [6, 6.07) is 16.6. The van der Waals surface area contributed by atoms with Crippen LogP contribution in [0.15, 0.2) is 70.0 Å². The summed E-state index contributed by atoms with van der Waals surface area (Å²) in [5.74, 6) is -1.24. The van der Waals surface area contributed by atoms with E-state index in [1.165, 1.54) is 12.1 Å². The minimum Gasteiger partial charge on any atom is -0.459 e. The van der Waals surface area contributed by atoms with Gasteiger partial charge in [0.05, 0.1) is 11.5 Å². The second-order valence-corrected chi connectivity index (χ2v) is 6.88. The Morgan fingerprint density at radius 1 is 1.08 bits per heavy atom. The van der Waals surface area contributed by atoms with Crippen LogP contribution >= 0.6 is 0 Å². The van der Waals surface area contributed by atoms with Crippen LogP contribution in [-0.2, 0) is 14.8 Å². The van der Waals surface area contributed by atoms with Crippen molar-refractivity contribution in [2.24, 2.45) is 0 Å². The lowest BCUT2D eigenvalue weighted by molar-refractivity contribution is 0.0482. The molecule has 1 aromatic heterocycles. The van der Waals surface area contributed by atoms with E-state index < -0.39 is 16.0 Å². The van der Waals surface area contributed by atoms with Crippen molar-refractivity contribution in [3.63, 3.8) is 0 Å². The highest BCUT2D eigenvalue weighted by molar-refractivity contribution is 7.92. The van der Waals surface area contributed by atoms with Gasteiger partial charge in [-0.25, -0.2) is 22.9 Å². The summed E-state index contributed by atoms with van der Waals surface area (Å²) in [6.07, 6.45) is 0. The molecule has 0 amide bonds. The van der Waals surface area contributed by atoms with Crippen molar-refractivity contribution in [3.8, 4) is 11.3 Å². The van der Waals surface area contributed by atoms with Gasteiger partial charge in [0.1, 0.15) is 5.69 Å². The van der Waals surface area contributed by atoms with Crippen LogP contribution in [0.5, 0.6) is 0 Å². The third-order valence-electron chi connectivity index (χ3n) is 3.41. The molecule has 0 aliphatic rings. The van der Waals surface area contributed by atoms with Crippen LogP contribution in [0.3, 0.4) is 0 Å². The summed E-state index contributed by atoms with van der Waals surface area (Å²) < 4.78 is 37.7. The molecule has 7 nitrogen and oxygen atoms in total. The molecule has 3 rings (SSSR count). The zero-order valence-electron chi connectivity index (χ0n) is 13.9. The van der Waals surface area contributed by atoms with E-state index in [-0.39, 0.29) is 29.0 Å². The van der Waals surface area contributed by atoms with Gasteiger partial charge < -0.3 is 9.15 Å². The smallest absolute Gasteiger partial charge is 0.394 e. The van der Waals surface area contributed by atoms with Gasteiger partial charge in [0.2, 0.25) is 5.88 Å². The number of carbonyl (C=O) groups is 1. The Hall–Kier alpha value is -3.13. The molecule has 8 heteroatoms. The largest absolute Gasteiger partial charge is 0.459 e. The molecule has 0 unspecified atom stereocenters. The Labute approximate surface area is 150 Å². The summed E-state index contributed by atoms with van der Waals surface area (Å²) in [6.45, 7) is 1.80. The lowest BCUT2D eigenvalue weighted by atomic mass is 10.2. The number of benzene rings is 2. The maximum atomic E-state index is 12.6. The number of nitrogens with zero attached hydrogens (tertiary/aromatic N) is 1. The molecule has 0 saturated carbocycles. The van der Waals surface area contributed by atoms with Gasteiger partial charge >= 0.3 is 11.9 Å². The van der Waals surface area contributed by atoms with Gasteiger partial charge in [0.15, 0.2) is 0 Å². The molecule has 0 atom stereocenters. The maximum absolute atomic E-state index is 12.6.